The molecule has 3 saturated carbocycles. The molecule has 0 aromatic rings. The highest BCUT2D eigenvalue weighted by Crippen LogP contribution is 2.47. The SMILES string of the molecule is O=C1C[C@H]2C(O)C(C=CC(O)C3CCCC3)C[C@H]12. The number of ketones is 1. The molecule has 3 nitrogen and oxygen atoms in total. The van der Waals surface area contributed by atoms with Gasteiger partial charge in [0.2, 0.25) is 0 Å². The van der Waals surface area contributed by atoms with E-state index in [2.05, 4.69) is 0 Å². The summed E-state index contributed by atoms with van der Waals surface area (Å²) in [6, 6.07) is 0. The zero-order valence-corrected chi connectivity index (χ0v) is 10.7. The molecule has 3 unspecified atom stereocenters. The van der Waals surface area contributed by atoms with Gasteiger partial charge < -0.3 is 10.2 Å². The van der Waals surface area contributed by atoms with E-state index in [1.54, 1.807) is 0 Å². The number of hydrogen-bond donors (Lipinski definition) is 2. The van der Waals surface area contributed by atoms with Crippen LogP contribution >= 0.6 is 0 Å². The third-order valence-corrected chi connectivity index (χ3v) is 5.21. The first kappa shape index (κ1) is 12.4. The van der Waals surface area contributed by atoms with E-state index in [0.717, 1.165) is 19.3 Å². The summed E-state index contributed by atoms with van der Waals surface area (Å²) in [5.74, 6) is 1.07. The Labute approximate surface area is 108 Å². The molecule has 0 spiro atoms. The molecule has 3 aliphatic carbocycles. The van der Waals surface area contributed by atoms with Gasteiger partial charge in [0.15, 0.2) is 0 Å². The highest BCUT2D eigenvalue weighted by atomic mass is 16.3. The van der Waals surface area contributed by atoms with Crippen LogP contribution < -0.4 is 0 Å². The van der Waals surface area contributed by atoms with Gasteiger partial charge in [0.25, 0.3) is 0 Å². The van der Waals surface area contributed by atoms with Crippen molar-refractivity contribution in [3.8, 4) is 0 Å². The van der Waals surface area contributed by atoms with Crippen molar-refractivity contribution in [2.75, 3.05) is 0 Å². The zero-order chi connectivity index (χ0) is 12.7. The van der Waals surface area contributed by atoms with Gasteiger partial charge in [-0.25, -0.2) is 0 Å². The van der Waals surface area contributed by atoms with E-state index in [0.29, 0.717) is 18.1 Å². The Bertz CT molecular complexity index is 357. The minimum absolute atomic E-state index is 0.0718. The first-order chi connectivity index (χ1) is 8.66. The fraction of sp³-hybridized carbons (Fsp3) is 0.800. The lowest BCUT2D eigenvalue weighted by atomic mass is 9.74. The molecule has 0 radical (unpaired) electrons. The number of rotatable bonds is 3. The van der Waals surface area contributed by atoms with Gasteiger partial charge in [-0.1, -0.05) is 25.0 Å². The van der Waals surface area contributed by atoms with Crippen LogP contribution in [0.4, 0.5) is 0 Å². The molecule has 0 aromatic heterocycles. The summed E-state index contributed by atoms with van der Waals surface area (Å²) in [6.45, 7) is 0. The highest BCUT2D eigenvalue weighted by molar-refractivity contribution is 5.88. The average molecular weight is 250 g/mol. The molecule has 0 bridgehead atoms. The Kier molecular flexibility index (Phi) is 3.29. The number of aliphatic hydroxyl groups excluding tert-OH is 2. The smallest absolute Gasteiger partial charge is 0.136 e. The molecule has 0 aliphatic heterocycles. The second kappa shape index (κ2) is 4.78. The van der Waals surface area contributed by atoms with E-state index in [1.807, 2.05) is 12.2 Å². The van der Waals surface area contributed by atoms with Crippen LogP contribution in [0.5, 0.6) is 0 Å². The van der Waals surface area contributed by atoms with Crippen molar-refractivity contribution < 1.29 is 15.0 Å². The van der Waals surface area contributed by atoms with Crippen LogP contribution in [0.3, 0.4) is 0 Å². The first-order valence-electron chi connectivity index (χ1n) is 7.24. The van der Waals surface area contributed by atoms with Crippen LogP contribution in [0, 0.1) is 23.7 Å². The molecule has 3 fully saturated rings. The fourth-order valence-corrected chi connectivity index (χ4v) is 3.92. The molecule has 5 atom stereocenters. The van der Waals surface area contributed by atoms with Gasteiger partial charge in [0.05, 0.1) is 12.2 Å². The maximum Gasteiger partial charge on any atom is 0.136 e. The van der Waals surface area contributed by atoms with Crippen molar-refractivity contribution in [2.24, 2.45) is 23.7 Å². The predicted molar refractivity (Wildman–Crippen MR) is 67.8 cm³/mol. The van der Waals surface area contributed by atoms with Crippen molar-refractivity contribution in [2.45, 2.75) is 50.7 Å². The maximum atomic E-state index is 11.4. The molecular weight excluding hydrogens is 228 g/mol. The monoisotopic (exact) mass is 250 g/mol. The Morgan fingerprint density at radius 1 is 1.28 bits per heavy atom. The molecule has 0 heterocycles. The summed E-state index contributed by atoms with van der Waals surface area (Å²) in [6.07, 6.45) is 9.08. The lowest BCUT2D eigenvalue weighted by Crippen LogP contribution is -2.38. The van der Waals surface area contributed by atoms with E-state index >= 15 is 0 Å². The van der Waals surface area contributed by atoms with E-state index in [4.69, 9.17) is 0 Å². The van der Waals surface area contributed by atoms with Crippen molar-refractivity contribution in [1.82, 2.24) is 0 Å². The van der Waals surface area contributed by atoms with Gasteiger partial charge in [-0.2, -0.15) is 0 Å². The van der Waals surface area contributed by atoms with E-state index in [9.17, 15) is 15.0 Å². The van der Waals surface area contributed by atoms with Crippen molar-refractivity contribution in [3.05, 3.63) is 12.2 Å². The van der Waals surface area contributed by atoms with E-state index < -0.39 is 0 Å². The van der Waals surface area contributed by atoms with Crippen LogP contribution in [0.25, 0.3) is 0 Å². The quantitative estimate of drug-likeness (QED) is 0.749. The van der Waals surface area contributed by atoms with Crippen LogP contribution in [0.2, 0.25) is 0 Å². The topological polar surface area (TPSA) is 57.5 Å². The fourth-order valence-electron chi connectivity index (χ4n) is 3.92. The average Bonchev–Trinajstić information content (AvgIpc) is 2.95. The molecule has 100 valence electrons. The Hall–Kier alpha value is -0.670. The number of fused-ring (bicyclic) bond motifs is 1. The molecule has 3 rings (SSSR count). The van der Waals surface area contributed by atoms with Gasteiger partial charge in [0.1, 0.15) is 5.78 Å². The van der Waals surface area contributed by atoms with Gasteiger partial charge >= 0.3 is 0 Å². The predicted octanol–water partition coefficient (Wildman–Crippen LogP) is 1.68. The summed E-state index contributed by atoms with van der Waals surface area (Å²) in [7, 11) is 0. The summed E-state index contributed by atoms with van der Waals surface area (Å²) in [5, 5.41) is 20.1. The lowest BCUT2D eigenvalue weighted by Gasteiger charge is -2.30. The van der Waals surface area contributed by atoms with Crippen molar-refractivity contribution in [3.63, 3.8) is 0 Å². The van der Waals surface area contributed by atoms with E-state index in [-0.39, 0.29) is 30.0 Å². The van der Waals surface area contributed by atoms with Gasteiger partial charge in [-0.3, -0.25) is 4.79 Å². The van der Waals surface area contributed by atoms with Gasteiger partial charge in [-0.15, -0.1) is 0 Å². The second-order valence-electron chi connectivity index (χ2n) is 6.25. The minimum atomic E-state index is -0.375. The standard InChI is InChI=1S/C15H22O3/c16-13(9-3-1-2-4-9)6-5-10-7-11-12(15(10)18)8-14(11)17/h5-6,9-13,15-16,18H,1-4,7-8H2/t10?,11-,12+,13?,15?/m0/s1. The number of hydrogen-bond acceptors (Lipinski definition) is 3. The number of Topliss-reactive ketones (excluding diaryl/α,β-unsaturated/α-hetero) is 1. The third kappa shape index (κ3) is 2.04. The Morgan fingerprint density at radius 2 is 2.00 bits per heavy atom. The molecule has 0 saturated heterocycles. The highest BCUT2D eigenvalue weighted by Gasteiger charge is 2.51. The third-order valence-electron chi connectivity index (χ3n) is 5.21. The molecule has 3 heteroatoms. The second-order valence-corrected chi connectivity index (χ2v) is 6.25. The zero-order valence-electron chi connectivity index (χ0n) is 10.7. The summed E-state index contributed by atoms with van der Waals surface area (Å²) < 4.78 is 0. The summed E-state index contributed by atoms with van der Waals surface area (Å²) >= 11 is 0. The largest absolute Gasteiger partial charge is 0.392 e. The Balaban J connectivity index is 1.57. The Morgan fingerprint density at radius 3 is 2.61 bits per heavy atom. The van der Waals surface area contributed by atoms with Gasteiger partial charge in [-0.05, 0) is 25.2 Å². The molecule has 3 aliphatic rings. The van der Waals surface area contributed by atoms with E-state index in [1.165, 1.54) is 12.8 Å². The van der Waals surface area contributed by atoms with Gasteiger partial charge in [0, 0.05) is 24.2 Å². The molecular formula is C15H22O3. The van der Waals surface area contributed by atoms with Crippen LogP contribution in [0.15, 0.2) is 12.2 Å². The first-order valence-corrected chi connectivity index (χ1v) is 7.24. The maximum absolute atomic E-state index is 11.4. The number of carbonyl (C=O) groups excluding carboxylic acids is 1. The van der Waals surface area contributed by atoms with Crippen LogP contribution in [-0.4, -0.2) is 28.2 Å². The molecule has 0 amide bonds. The number of aliphatic hydroxyl groups is 2. The molecule has 0 aromatic carbocycles. The molecule has 2 N–H and O–H groups in total. The summed E-state index contributed by atoms with van der Waals surface area (Å²) in [4.78, 5) is 11.4. The number of carbonyl (C=O) groups is 1. The van der Waals surface area contributed by atoms with Crippen LogP contribution in [-0.2, 0) is 4.79 Å². The van der Waals surface area contributed by atoms with Crippen LogP contribution in [0.1, 0.15) is 38.5 Å². The molecule has 18 heavy (non-hydrogen) atoms. The normalized spacial score (nSPS) is 42.2. The van der Waals surface area contributed by atoms with Crippen molar-refractivity contribution >= 4 is 5.78 Å². The van der Waals surface area contributed by atoms with Crippen molar-refractivity contribution in [1.29, 1.82) is 0 Å². The summed E-state index contributed by atoms with van der Waals surface area (Å²) in [5.41, 5.74) is 0. The lowest BCUT2D eigenvalue weighted by molar-refractivity contribution is -0.135. The minimum Gasteiger partial charge on any atom is -0.392 e.